The average molecular weight is 173 g/mol. The van der Waals surface area contributed by atoms with Gasteiger partial charge >= 0.3 is 0 Å². The number of nitrogens with two attached hydrogens (primary N) is 1. The van der Waals surface area contributed by atoms with Crippen molar-refractivity contribution in [3.05, 3.63) is 35.9 Å². The van der Waals surface area contributed by atoms with Gasteiger partial charge in [-0.2, -0.15) is 10.2 Å². The van der Waals surface area contributed by atoms with Crippen LogP contribution in [0.2, 0.25) is 0 Å². The van der Waals surface area contributed by atoms with Crippen LogP contribution in [0.3, 0.4) is 0 Å². The number of fused-ring (bicyclic) bond motifs is 1. The molecule has 2 N–H and O–H groups in total. The molecule has 1 heterocycles. The molecule has 0 saturated heterocycles. The molecule has 2 rings (SSSR count). The van der Waals surface area contributed by atoms with Gasteiger partial charge in [-0.3, -0.25) is 0 Å². The van der Waals surface area contributed by atoms with E-state index < -0.39 is 5.66 Å². The molecule has 0 radical (unpaired) electrons. The van der Waals surface area contributed by atoms with E-state index in [-0.39, 0.29) is 0 Å². The molecule has 1 aliphatic rings. The van der Waals surface area contributed by atoms with Crippen LogP contribution in [-0.4, -0.2) is 5.66 Å². The van der Waals surface area contributed by atoms with Gasteiger partial charge in [-0.25, -0.2) is 0 Å². The number of benzene rings is 1. The van der Waals surface area contributed by atoms with E-state index in [1.165, 1.54) is 0 Å². The molecule has 1 aromatic carbocycles. The van der Waals surface area contributed by atoms with Crippen molar-refractivity contribution < 1.29 is 0 Å². The lowest BCUT2D eigenvalue weighted by atomic mass is 10.1. The molecule has 13 heavy (non-hydrogen) atoms. The Morgan fingerprint density at radius 1 is 1.31 bits per heavy atom. The quantitative estimate of drug-likeness (QED) is 0.643. The van der Waals surface area contributed by atoms with Gasteiger partial charge in [0.05, 0.1) is 5.69 Å². The van der Waals surface area contributed by atoms with Crippen LogP contribution < -0.4 is 5.73 Å². The Balaban J connectivity index is 2.53. The van der Waals surface area contributed by atoms with E-state index in [9.17, 15) is 0 Å². The fourth-order valence-electron chi connectivity index (χ4n) is 1.17. The Hall–Kier alpha value is -1.48. The number of hydrogen-bond donors (Lipinski definition) is 1. The summed E-state index contributed by atoms with van der Waals surface area (Å²) in [5.74, 6) is 0. The lowest BCUT2D eigenvalue weighted by Gasteiger charge is -2.09. The zero-order chi connectivity index (χ0) is 9.31. The Labute approximate surface area is 77.0 Å². The van der Waals surface area contributed by atoms with Crippen LogP contribution in [0.4, 0.5) is 5.69 Å². The highest BCUT2D eigenvalue weighted by molar-refractivity contribution is 5.64. The summed E-state index contributed by atoms with van der Waals surface area (Å²) in [6.45, 7) is 1.82. The Morgan fingerprint density at radius 2 is 2.08 bits per heavy atom. The fraction of sp³-hybridized carbons (Fsp3) is 0.200. The second kappa shape index (κ2) is 2.78. The monoisotopic (exact) mass is 173 g/mol. The zero-order valence-electron chi connectivity index (χ0n) is 7.44. The molecule has 66 valence electrons. The molecule has 0 bridgehead atoms. The van der Waals surface area contributed by atoms with E-state index in [0.717, 1.165) is 11.3 Å². The maximum atomic E-state index is 5.81. The van der Waals surface area contributed by atoms with Gasteiger partial charge < -0.3 is 5.73 Å². The number of hydrogen-bond acceptors (Lipinski definition) is 3. The lowest BCUT2D eigenvalue weighted by molar-refractivity contribution is 0.591. The van der Waals surface area contributed by atoms with Gasteiger partial charge in [-0.1, -0.05) is 24.3 Å². The summed E-state index contributed by atoms with van der Waals surface area (Å²) in [5, 5.41) is 8.09. The van der Waals surface area contributed by atoms with Crippen molar-refractivity contribution in [2.45, 2.75) is 12.6 Å². The second-order valence-electron chi connectivity index (χ2n) is 3.32. The van der Waals surface area contributed by atoms with Crippen LogP contribution in [0.5, 0.6) is 0 Å². The molecule has 0 saturated carbocycles. The van der Waals surface area contributed by atoms with Crippen molar-refractivity contribution >= 4 is 11.8 Å². The molecule has 1 atom stereocenters. The van der Waals surface area contributed by atoms with Gasteiger partial charge in [0.2, 0.25) is 0 Å². The van der Waals surface area contributed by atoms with E-state index in [2.05, 4.69) is 10.2 Å². The molecule has 3 nitrogen and oxygen atoms in total. The van der Waals surface area contributed by atoms with Crippen LogP contribution in [0, 0.1) is 0 Å². The molecular formula is C10H11N3. The van der Waals surface area contributed by atoms with E-state index in [1.54, 1.807) is 0 Å². The minimum Gasteiger partial charge on any atom is -0.303 e. The molecular weight excluding hydrogens is 162 g/mol. The first kappa shape index (κ1) is 8.13. The van der Waals surface area contributed by atoms with Gasteiger partial charge in [-0.15, -0.1) is 0 Å². The lowest BCUT2D eigenvalue weighted by Crippen LogP contribution is -2.29. The van der Waals surface area contributed by atoms with Gasteiger partial charge in [0, 0.05) is 5.56 Å². The predicted octanol–water partition coefficient (Wildman–Crippen LogP) is 2.47. The molecule has 1 unspecified atom stereocenters. The summed E-state index contributed by atoms with van der Waals surface area (Å²) in [6, 6.07) is 7.82. The molecule has 0 aromatic heterocycles. The summed E-state index contributed by atoms with van der Waals surface area (Å²) in [5.41, 5.74) is 7.05. The minimum absolute atomic E-state index is 0.682. The van der Waals surface area contributed by atoms with E-state index in [4.69, 9.17) is 5.73 Å². The maximum Gasteiger partial charge on any atom is 0.145 e. The van der Waals surface area contributed by atoms with Crippen LogP contribution in [0.15, 0.2) is 40.6 Å². The second-order valence-corrected chi connectivity index (χ2v) is 3.32. The van der Waals surface area contributed by atoms with E-state index >= 15 is 0 Å². The first-order valence-corrected chi connectivity index (χ1v) is 4.17. The van der Waals surface area contributed by atoms with Crippen molar-refractivity contribution in [1.29, 1.82) is 0 Å². The summed E-state index contributed by atoms with van der Waals surface area (Å²) >= 11 is 0. The van der Waals surface area contributed by atoms with Crippen molar-refractivity contribution in [1.82, 2.24) is 0 Å². The molecule has 1 aromatic rings. The summed E-state index contributed by atoms with van der Waals surface area (Å²) in [4.78, 5) is 0. The van der Waals surface area contributed by atoms with Crippen molar-refractivity contribution in [3.63, 3.8) is 0 Å². The number of azo groups is 1. The Morgan fingerprint density at radius 3 is 2.92 bits per heavy atom. The van der Waals surface area contributed by atoms with Gasteiger partial charge in [-0.05, 0) is 19.1 Å². The number of nitrogens with zero attached hydrogens (tertiary/aromatic N) is 2. The third kappa shape index (κ3) is 1.65. The van der Waals surface area contributed by atoms with Gasteiger partial charge in [0.25, 0.3) is 0 Å². The normalized spacial score (nSPS) is 25.4. The number of rotatable bonds is 0. The Bertz CT molecular complexity index is 343. The third-order valence-corrected chi connectivity index (χ3v) is 1.91. The molecule has 0 fully saturated rings. The highest BCUT2D eigenvalue weighted by atomic mass is 15.2. The maximum absolute atomic E-state index is 5.81. The molecule has 0 spiro atoms. The topological polar surface area (TPSA) is 50.7 Å². The van der Waals surface area contributed by atoms with Crippen LogP contribution in [-0.2, 0) is 0 Å². The van der Waals surface area contributed by atoms with Crippen molar-refractivity contribution in [2.75, 3.05) is 0 Å². The average Bonchev–Trinajstić information content (AvgIpc) is 2.27. The summed E-state index contributed by atoms with van der Waals surface area (Å²) in [6.07, 6.45) is 3.80. The van der Waals surface area contributed by atoms with E-state index in [1.807, 2.05) is 43.3 Å². The highest BCUT2D eigenvalue weighted by Crippen LogP contribution is 2.25. The van der Waals surface area contributed by atoms with Gasteiger partial charge in [0.15, 0.2) is 0 Å². The standard InChI is InChI=1S/C10H11N3/c1-10(11)7-6-8-4-2-3-5-9(8)12-13-10/h2-7H,11H2,1H3. The smallest absolute Gasteiger partial charge is 0.145 e. The van der Waals surface area contributed by atoms with Crippen LogP contribution in [0.25, 0.3) is 6.08 Å². The fourth-order valence-corrected chi connectivity index (χ4v) is 1.17. The Kier molecular flexibility index (Phi) is 1.74. The van der Waals surface area contributed by atoms with Crippen LogP contribution in [0.1, 0.15) is 12.5 Å². The largest absolute Gasteiger partial charge is 0.303 e. The van der Waals surface area contributed by atoms with Gasteiger partial charge in [0.1, 0.15) is 5.66 Å². The predicted molar refractivity (Wildman–Crippen MR) is 52.6 cm³/mol. The zero-order valence-corrected chi connectivity index (χ0v) is 7.44. The van der Waals surface area contributed by atoms with Crippen LogP contribution >= 0.6 is 0 Å². The van der Waals surface area contributed by atoms with Crippen molar-refractivity contribution in [3.8, 4) is 0 Å². The minimum atomic E-state index is -0.682. The van der Waals surface area contributed by atoms with Crippen molar-refractivity contribution in [2.24, 2.45) is 16.0 Å². The summed E-state index contributed by atoms with van der Waals surface area (Å²) < 4.78 is 0. The highest BCUT2D eigenvalue weighted by Gasteiger charge is 2.14. The third-order valence-electron chi connectivity index (χ3n) is 1.91. The molecule has 1 aliphatic heterocycles. The summed E-state index contributed by atoms with van der Waals surface area (Å²) in [7, 11) is 0. The first-order chi connectivity index (χ1) is 6.17. The molecule has 0 amide bonds. The first-order valence-electron chi connectivity index (χ1n) is 4.17. The molecule has 3 heteroatoms. The van der Waals surface area contributed by atoms with E-state index in [0.29, 0.717) is 0 Å². The molecule has 0 aliphatic carbocycles. The SMILES string of the molecule is CC1(N)C=Cc2ccccc2N=N1.